The highest BCUT2D eigenvalue weighted by Crippen LogP contribution is 2.69. The smallest absolute Gasteiger partial charge is 0.0148 e. The van der Waals surface area contributed by atoms with Gasteiger partial charge in [-0.15, -0.1) is 0 Å². The predicted octanol–water partition coefficient (Wildman–Crippen LogP) is 3.90. The normalized spacial score (nSPS) is 56.7. The van der Waals surface area contributed by atoms with Crippen LogP contribution in [0.25, 0.3) is 0 Å². The molecule has 4 aliphatic carbocycles. The van der Waals surface area contributed by atoms with Gasteiger partial charge in [0.1, 0.15) is 0 Å². The highest BCUT2D eigenvalue weighted by molar-refractivity contribution is 5.30. The first-order valence-corrected chi connectivity index (χ1v) is 7.05. The van der Waals surface area contributed by atoms with Crippen molar-refractivity contribution in [1.82, 2.24) is 0 Å². The van der Waals surface area contributed by atoms with E-state index in [4.69, 9.17) is 0 Å². The molecule has 0 N–H and O–H groups in total. The quantitative estimate of drug-likeness (QED) is 0.458. The molecule has 0 aromatic carbocycles. The minimum Gasteiger partial charge on any atom is -0.0993 e. The van der Waals surface area contributed by atoms with E-state index in [1.807, 2.05) is 0 Å². The Labute approximate surface area is 98.8 Å². The van der Waals surface area contributed by atoms with E-state index < -0.39 is 0 Å². The van der Waals surface area contributed by atoms with Gasteiger partial charge in [0.15, 0.2) is 0 Å². The van der Waals surface area contributed by atoms with Crippen LogP contribution in [-0.2, 0) is 0 Å². The Hall–Kier alpha value is -0.520. The molecule has 0 aliphatic heterocycles. The molecule has 0 nitrogen and oxygen atoms in total. The van der Waals surface area contributed by atoms with Gasteiger partial charge in [-0.2, -0.15) is 0 Å². The van der Waals surface area contributed by atoms with E-state index in [-0.39, 0.29) is 0 Å². The standard InChI is InChI=1S/C16H22/c1-8(2)14-9(3)12-7-13(14)16-11-5-4-10(6-11)15(12)16/h4-5,8,10-16H,3,6-7H2,1-2H3. The van der Waals surface area contributed by atoms with Crippen molar-refractivity contribution in [3.63, 3.8) is 0 Å². The topological polar surface area (TPSA) is 0 Å². The molecule has 0 aromatic heterocycles. The Morgan fingerprint density at radius 3 is 2.50 bits per heavy atom. The van der Waals surface area contributed by atoms with Crippen LogP contribution < -0.4 is 0 Å². The van der Waals surface area contributed by atoms with Crippen molar-refractivity contribution in [2.24, 2.45) is 47.3 Å². The van der Waals surface area contributed by atoms with Crippen molar-refractivity contribution in [2.75, 3.05) is 0 Å². The summed E-state index contributed by atoms with van der Waals surface area (Å²) in [6.45, 7) is 9.25. The van der Waals surface area contributed by atoms with Crippen LogP contribution in [-0.4, -0.2) is 0 Å². The van der Waals surface area contributed by atoms with Gasteiger partial charge in [0.2, 0.25) is 0 Å². The zero-order chi connectivity index (χ0) is 11.0. The molecule has 0 heterocycles. The molecule has 7 unspecified atom stereocenters. The summed E-state index contributed by atoms with van der Waals surface area (Å²) in [5.41, 5.74) is 1.63. The molecule has 0 heteroatoms. The average Bonchev–Trinajstić information content (AvgIpc) is 2.92. The summed E-state index contributed by atoms with van der Waals surface area (Å²) in [4.78, 5) is 0. The molecule has 4 aliphatic rings. The van der Waals surface area contributed by atoms with Crippen molar-refractivity contribution in [3.05, 3.63) is 24.3 Å². The van der Waals surface area contributed by atoms with Crippen molar-refractivity contribution in [2.45, 2.75) is 26.7 Å². The molecule has 86 valence electrons. The third-order valence-corrected chi connectivity index (χ3v) is 6.15. The van der Waals surface area contributed by atoms with Gasteiger partial charge in [0.25, 0.3) is 0 Å². The average molecular weight is 214 g/mol. The first-order valence-electron chi connectivity index (χ1n) is 7.05. The highest BCUT2D eigenvalue weighted by atomic mass is 14.7. The molecular formula is C16H22. The molecule has 4 rings (SSSR count). The van der Waals surface area contributed by atoms with Gasteiger partial charge in [-0.25, -0.2) is 0 Å². The van der Waals surface area contributed by atoms with Gasteiger partial charge >= 0.3 is 0 Å². The molecule has 0 spiro atoms. The number of allylic oxidation sites excluding steroid dienone is 3. The lowest BCUT2D eigenvalue weighted by Crippen LogP contribution is -2.34. The number of hydrogen-bond donors (Lipinski definition) is 0. The number of hydrogen-bond acceptors (Lipinski definition) is 0. The van der Waals surface area contributed by atoms with Crippen LogP contribution in [0.2, 0.25) is 0 Å². The lowest BCUT2D eigenvalue weighted by Gasteiger charge is -2.39. The Balaban J connectivity index is 1.75. The van der Waals surface area contributed by atoms with Crippen LogP contribution in [0.3, 0.4) is 0 Å². The van der Waals surface area contributed by atoms with Crippen LogP contribution in [0.1, 0.15) is 26.7 Å². The summed E-state index contributed by atoms with van der Waals surface area (Å²) in [5, 5.41) is 0. The van der Waals surface area contributed by atoms with Gasteiger partial charge in [0, 0.05) is 0 Å². The Morgan fingerprint density at radius 1 is 1.12 bits per heavy atom. The summed E-state index contributed by atoms with van der Waals surface area (Å²) in [6.07, 6.45) is 8.00. The van der Waals surface area contributed by atoms with E-state index in [0.717, 1.165) is 47.3 Å². The van der Waals surface area contributed by atoms with Crippen LogP contribution >= 0.6 is 0 Å². The first kappa shape index (κ1) is 9.50. The van der Waals surface area contributed by atoms with Crippen LogP contribution in [0, 0.1) is 47.3 Å². The van der Waals surface area contributed by atoms with Crippen molar-refractivity contribution < 1.29 is 0 Å². The van der Waals surface area contributed by atoms with E-state index in [1.165, 1.54) is 12.8 Å². The molecule has 0 amide bonds. The Morgan fingerprint density at radius 2 is 1.81 bits per heavy atom. The SMILES string of the molecule is C=C1C2CC(C1C(C)C)C1C3C=CC(C3)C21. The minimum atomic E-state index is 0.812. The van der Waals surface area contributed by atoms with Crippen molar-refractivity contribution in [1.29, 1.82) is 0 Å². The molecule has 4 bridgehead atoms. The molecule has 0 saturated heterocycles. The molecule has 16 heavy (non-hydrogen) atoms. The monoisotopic (exact) mass is 214 g/mol. The second-order valence-electron chi connectivity index (χ2n) is 6.95. The van der Waals surface area contributed by atoms with Gasteiger partial charge in [-0.1, -0.05) is 38.2 Å². The summed E-state index contributed by atoms with van der Waals surface area (Å²) in [6, 6.07) is 0. The van der Waals surface area contributed by atoms with Gasteiger partial charge in [-0.05, 0) is 60.2 Å². The number of fused-ring (bicyclic) bond motifs is 9. The Kier molecular flexibility index (Phi) is 1.68. The second-order valence-corrected chi connectivity index (χ2v) is 6.95. The fourth-order valence-electron chi connectivity index (χ4n) is 5.90. The van der Waals surface area contributed by atoms with E-state index in [1.54, 1.807) is 5.57 Å². The maximum atomic E-state index is 4.46. The first-order chi connectivity index (χ1) is 7.68. The molecule has 0 radical (unpaired) electrons. The molecule has 3 fully saturated rings. The van der Waals surface area contributed by atoms with E-state index >= 15 is 0 Å². The molecular weight excluding hydrogens is 192 g/mol. The van der Waals surface area contributed by atoms with Crippen LogP contribution in [0.4, 0.5) is 0 Å². The summed E-state index contributed by atoms with van der Waals surface area (Å²) < 4.78 is 0. The maximum absolute atomic E-state index is 4.46. The highest BCUT2D eigenvalue weighted by Gasteiger charge is 2.62. The summed E-state index contributed by atoms with van der Waals surface area (Å²) in [7, 11) is 0. The molecule has 7 atom stereocenters. The third kappa shape index (κ3) is 0.893. The molecule has 0 aromatic rings. The van der Waals surface area contributed by atoms with Gasteiger partial charge in [-0.3, -0.25) is 0 Å². The van der Waals surface area contributed by atoms with Crippen molar-refractivity contribution in [3.8, 4) is 0 Å². The van der Waals surface area contributed by atoms with E-state index in [2.05, 4.69) is 32.6 Å². The lowest BCUT2D eigenvalue weighted by atomic mass is 9.65. The Bertz CT molecular complexity index is 375. The maximum Gasteiger partial charge on any atom is -0.0148 e. The van der Waals surface area contributed by atoms with E-state index in [9.17, 15) is 0 Å². The minimum absolute atomic E-state index is 0.812. The predicted molar refractivity (Wildman–Crippen MR) is 66.8 cm³/mol. The second kappa shape index (κ2) is 2.83. The largest absolute Gasteiger partial charge is 0.0993 e. The summed E-state index contributed by atoms with van der Waals surface area (Å²) >= 11 is 0. The van der Waals surface area contributed by atoms with Gasteiger partial charge in [0.05, 0.1) is 0 Å². The summed E-state index contributed by atoms with van der Waals surface area (Å²) in [5.74, 6) is 7.45. The lowest BCUT2D eigenvalue weighted by molar-refractivity contribution is 0.167. The van der Waals surface area contributed by atoms with Crippen LogP contribution in [0.15, 0.2) is 24.3 Å². The zero-order valence-electron chi connectivity index (χ0n) is 10.4. The van der Waals surface area contributed by atoms with Crippen molar-refractivity contribution >= 4 is 0 Å². The van der Waals surface area contributed by atoms with Gasteiger partial charge < -0.3 is 0 Å². The fraction of sp³-hybridized carbons (Fsp3) is 0.750. The third-order valence-electron chi connectivity index (χ3n) is 6.15. The fourth-order valence-corrected chi connectivity index (χ4v) is 5.90. The number of rotatable bonds is 1. The van der Waals surface area contributed by atoms with Crippen LogP contribution in [0.5, 0.6) is 0 Å². The van der Waals surface area contributed by atoms with E-state index in [0.29, 0.717) is 0 Å². The molecule has 3 saturated carbocycles. The zero-order valence-corrected chi connectivity index (χ0v) is 10.4.